The van der Waals surface area contributed by atoms with E-state index in [1.807, 2.05) is 12.3 Å². The number of nitrogens with zero attached hydrogens (tertiary/aromatic N) is 1. The maximum absolute atomic E-state index is 11.8. The summed E-state index contributed by atoms with van der Waals surface area (Å²) in [5.41, 5.74) is 6.61. The number of nitrogens with two attached hydrogens (primary N) is 1. The first-order valence-electron chi connectivity index (χ1n) is 5.12. The number of rotatable bonds is 7. The van der Waals surface area contributed by atoms with E-state index in [1.165, 1.54) is 11.3 Å². The molecular weight excluding hydrogens is 234 g/mol. The van der Waals surface area contributed by atoms with Crippen LogP contribution in [-0.2, 0) is 17.6 Å². The highest BCUT2D eigenvalue weighted by atomic mass is 32.1. The number of thiazole rings is 1. The van der Waals surface area contributed by atoms with Crippen molar-refractivity contribution in [3.63, 3.8) is 0 Å². The van der Waals surface area contributed by atoms with Crippen molar-refractivity contribution in [2.75, 3.05) is 13.2 Å². The van der Waals surface area contributed by atoms with Gasteiger partial charge in [0.15, 0.2) is 0 Å². The number of ether oxygens (including phenoxy) is 1. The third-order valence-electron chi connectivity index (χ3n) is 1.83. The van der Waals surface area contributed by atoms with Crippen LogP contribution in [0.25, 0.3) is 0 Å². The highest BCUT2D eigenvalue weighted by molar-refractivity contribution is 7.09. The van der Waals surface area contributed by atoms with Gasteiger partial charge in [-0.1, -0.05) is 0 Å². The van der Waals surface area contributed by atoms with E-state index in [-0.39, 0.29) is 12.6 Å². The quantitative estimate of drug-likeness (QED) is 0.751. The minimum atomic E-state index is -2.40. The van der Waals surface area contributed by atoms with Gasteiger partial charge in [-0.2, -0.15) is 0 Å². The van der Waals surface area contributed by atoms with Gasteiger partial charge in [0, 0.05) is 24.3 Å². The Kier molecular flexibility index (Phi) is 5.79. The normalized spacial score (nSPS) is 13.3. The van der Waals surface area contributed by atoms with Gasteiger partial charge in [-0.05, 0) is 6.92 Å². The number of halogens is 2. The van der Waals surface area contributed by atoms with Crippen LogP contribution >= 0.6 is 11.3 Å². The van der Waals surface area contributed by atoms with Crippen molar-refractivity contribution < 1.29 is 13.5 Å². The van der Waals surface area contributed by atoms with Gasteiger partial charge in [-0.15, -0.1) is 11.3 Å². The summed E-state index contributed by atoms with van der Waals surface area (Å²) in [5, 5.41) is 2.86. The van der Waals surface area contributed by atoms with Crippen molar-refractivity contribution in [2.45, 2.75) is 32.2 Å². The Labute approximate surface area is 97.6 Å². The van der Waals surface area contributed by atoms with E-state index in [1.54, 1.807) is 0 Å². The van der Waals surface area contributed by atoms with E-state index in [2.05, 4.69) is 4.98 Å². The monoisotopic (exact) mass is 250 g/mol. The molecule has 0 aliphatic rings. The average molecular weight is 250 g/mol. The molecule has 0 aliphatic carbocycles. The molecule has 0 amide bonds. The summed E-state index contributed by atoms with van der Waals surface area (Å²) in [7, 11) is 0. The molecule has 0 spiro atoms. The smallest absolute Gasteiger partial charge is 0.261 e. The molecule has 0 radical (unpaired) electrons. The Morgan fingerprint density at radius 3 is 2.94 bits per heavy atom. The molecule has 0 saturated heterocycles. The zero-order valence-corrected chi connectivity index (χ0v) is 9.97. The highest BCUT2D eigenvalue weighted by Gasteiger charge is 2.05. The molecule has 1 aromatic heterocycles. The third kappa shape index (κ3) is 5.48. The molecule has 16 heavy (non-hydrogen) atoms. The Balaban J connectivity index is 2.24. The number of hydrogen-bond acceptors (Lipinski definition) is 4. The van der Waals surface area contributed by atoms with E-state index >= 15 is 0 Å². The second-order valence-electron chi connectivity index (χ2n) is 3.63. The van der Waals surface area contributed by atoms with Crippen LogP contribution in [0.4, 0.5) is 8.78 Å². The van der Waals surface area contributed by atoms with Gasteiger partial charge in [0.05, 0.1) is 17.3 Å². The van der Waals surface area contributed by atoms with Crippen molar-refractivity contribution in [1.29, 1.82) is 0 Å². The fourth-order valence-electron chi connectivity index (χ4n) is 1.22. The second kappa shape index (κ2) is 6.88. The second-order valence-corrected chi connectivity index (χ2v) is 4.57. The maximum atomic E-state index is 11.8. The molecule has 0 fully saturated rings. The first-order chi connectivity index (χ1) is 7.58. The molecule has 0 bridgehead atoms. The van der Waals surface area contributed by atoms with Gasteiger partial charge in [0.25, 0.3) is 6.43 Å². The van der Waals surface area contributed by atoms with Crippen molar-refractivity contribution >= 4 is 11.3 Å². The standard InChI is InChI=1S/C10H16F2N2OS/c1-7(13)4-8-6-16-10(14-8)2-3-15-5-9(11)12/h6-7,9H,2-5,13H2,1H3. The fourth-order valence-corrected chi connectivity index (χ4v) is 2.01. The van der Waals surface area contributed by atoms with Gasteiger partial charge in [0.2, 0.25) is 0 Å². The maximum Gasteiger partial charge on any atom is 0.261 e. The summed E-state index contributed by atoms with van der Waals surface area (Å²) in [6.45, 7) is 1.71. The zero-order chi connectivity index (χ0) is 12.0. The van der Waals surface area contributed by atoms with Crippen molar-refractivity contribution in [3.8, 4) is 0 Å². The number of aromatic nitrogens is 1. The van der Waals surface area contributed by atoms with Gasteiger partial charge >= 0.3 is 0 Å². The van der Waals surface area contributed by atoms with Gasteiger partial charge < -0.3 is 10.5 Å². The van der Waals surface area contributed by atoms with E-state index in [0.717, 1.165) is 17.1 Å². The summed E-state index contributed by atoms with van der Waals surface area (Å²) in [4.78, 5) is 4.34. The molecule has 92 valence electrons. The van der Waals surface area contributed by atoms with Crippen LogP contribution < -0.4 is 5.73 Å². The van der Waals surface area contributed by atoms with Crippen molar-refractivity contribution in [2.24, 2.45) is 5.73 Å². The summed E-state index contributed by atoms with van der Waals surface area (Å²) in [6.07, 6.45) is -1.07. The topological polar surface area (TPSA) is 48.1 Å². The Morgan fingerprint density at radius 2 is 2.31 bits per heavy atom. The minimum Gasteiger partial charge on any atom is -0.375 e. The summed E-state index contributed by atoms with van der Waals surface area (Å²) >= 11 is 1.52. The zero-order valence-electron chi connectivity index (χ0n) is 9.16. The Hall–Kier alpha value is -0.590. The lowest BCUT2D eigenvalue weighted by atomic mass is 10.2. The van der Waals surface area contributed by atoms with E-state index in [9.17, 15) is 8.78 Å². The van der Waals surface area contributed by atoms with Crippen molar-refractivity contribution in [1.82, 2.24) is 4.98 Å². The molecule has 1 atom stereocenters. The largest absolute Gasteiger partial charge is 0.375 e. The molecule has 1 heterocycles. The Morgan fingerprint density at radius 1 is 1.56 bits per heavy atom. The molecule has 3 nitrogen and oxygen atoms in total. The lowest BCUT2D eigenvalue weighted by Crippen LogP contribution is -2.17. The molecule has 0 saturated carbocycles. The van der Waals surface area contributed by atoms with Crippen molar-refractivity contribution in [3.05, 3.63) is 16.1 Å². The van der Waals surface area contributed by atoms with Crippen LogP contribution in [0.1, 0.15) is 17.6 Å². The predicted octanol–water partition coefficient (Wildman–Crippen LogP) is 1.86. The van der Waals surface area contributed by atoms with Gasteiger partial charge in [0.1, 0.15) is 6.61 Å². The highest BCUT2D eigenvalue weighted by Crippen LogP contribution is 2.12. The fraction of sp³-hybridized carbons (Fsp3) is 0.700. The first kappa shape index (κ1) is 13.5. The van der Waals surface area contributed by atoms with Crippen LogP contribution in [0, 0.1) is 0 Å². The third-order valence-corrected chi connectivity index (χ3v) is 2.79. The SMILES string of the molecule is CC(N)Cc1csc(CCOCC(F)F)n1. The Bertz CT molecular complexity index is 305. The summed E-state index contributed by atoms with van der Waals surface area (Å²) < 4.78 is 28.3. The van der Waals surface area contributed by atoms with Crippen LogP contribution in [0.3, 0.4) is 0 Å². The molecule has 1 unspecified atom stereocenters. The molecule has 1 rings (SSSR count). The van der Waals surface area contributed by atoms with Crippen LogP contribution in [0.2, 0.25) is 0 Å². The number of alkyl halides is 2. The minimum absolute atomic E-state index is 0.0880. The summed E-state index contributed by atoms with van der Waals surface area (Å²) in [6, 6.07) is 0.0880. The lowest BCUT2D eigenvalue weighted by molar-refractivity contribution is 0.0187. The lowest BCUT2D eigenvalue weighted by Gasteiger charge is -2.01. The van der Waals surface area contributed by atoms with E-state index in [0.29, 0.717) is 6.42 Å². The van der Waals surface area contributed by atoms with Crippen LogP contribution in [-0.4, -0.2) is 30.7 Å². The predicted molar refractivity (Wildman–Crippen MR) is 60.0 cm³/mol. The average Bonchev–Trinajstić information content (AvgIpc) is 2.59. The van der Waals surface area contributed by atoms with Crippen LogP contribution in [0.15, 0.2) is 5.38 Å². The molecule has 6 heteroatoms. The molecule has 0 aliphatic heterocycles. The molecular formula is C10H16F2N2OS. The van der Waals surface area contributed by atoms with E-state index < -0.39 is 13.0 Å². The summed E-state index contributed by atoms with van der Waals surface area (Å²) in [5.74, 6) is 0. The van der Waals surface area contributed by atoms with Gasteiger partial charge in [-0.3, -0.25) is 0 Å². The number of hydrogen-bond donors (Lipinski definition) is 1. The molecule has 0 aromatic carbocycles. The van der Waals surface area contributed by atoms with Crippen LogP contribution in [0.5, 0.6) is 0 Å². The first-order valence-corrected chi connectivity index (χ1v) is 6.00. The molecule has 1 aromatic rings. The van der Waals surface area contributed by atoms with Gasteiger partial charge in [-0.25, -0.2) is 13.8 Å². The molecule has 2 N–H and O–H groups in total. The van der Waals surface area contributed by atoms with E-state index in [4.69, 9.17) is 10.5 Å².